The van der Waals surface area contributed by atoms with E-state index < -0.39 is 34.8 Å². The Bertz CT molecular complexity index is 1700. The summed E-state index contributed by atoms with van der Waals surface area (Å²) in [6, 6.07) is 12.0. The molecule has 0 aliphatic heterocycles. The number of nitrogens with one attached hydrogen (secondary N) is 1. The summed E-state index contributed by atoms with van der Waals surface area (Å²) in [5, 5.41) is 3.09. The Labute approximate surface area is 250 Å². The molecule has 1 amide bonds. The third-order valence-electron chi connectivity index (χ3n) is 6.97. The van der Waals surface area contributed by atoms with Gasteiger partial charge in [0.25, 0.3) is 5.91 Å². The maximum Gasteiger partial charge on any atom is 0.338 e. The molecule has 1 saturated carbocycles. The van der Waals surface area contributed by atoms with Crippen molar-refractivity contribution in [1.29, 1.82) is 0 Å². The summed E-state index contributed by atoms with van der Waals surface area (Å²) >= 11 is -0.338. The number of carbonyl (C=O) groups excluding carboxylic acids is 2. The van der Waals surface area contributed by atoms with Gasteiger partial charge in [-0.3, -0.25) is 9.35 Å². The Morgan fingerprint density at radius 3 is 2.51 bits per heavy atom. The maximum absolute atomic E-state index is 14.1. The number of hydrogen-bond acceptors (Lipinski definition) is 5. The molecule has 1 heterocycles. The van der Waals surface area contributed by atoms with Crippen molar-refractivity contribution in [3.63, 3.8) is 0 Å². The molecule has 0 radical (unpaired) electrons. The van der Waals surface area contributed by atoms with Crippen LogP contribution < -0.4 is 5.32 Å². The van der Waals surface area contributed by atoms with Gasteiger partial charge in [0.2, 0.25) is 11.3 Å². The molecule has 1 aliphatic carbocycles. The number of carbonyl (C=O) groups is 2. The third kappa shape index (κ3) is 6.05. The number of rotatable bonds is 9. The molecule has 4 aromatic rings. The Hall–Kier alpha value is -3.20. The summed E-state index contributed by atoms with van der Waals surface area (Å²) in [6.07, 6.45) is 1.84. The van der Waals surface area contributed by atoms with Crippen molar-refractivity contribution in [1.82, 2.24) is 9.62 Å². The lowest BCUT2D eigenvalue weighted by Gasteiger charge is -2.20. The maximum atomic E-state index is 14.1. The fourth-order valence-electron chi connectivity index (χ4n) is 4.80. The van der Waals surface area contributed by atoms with Crippen molar-refractivity contribution in [2.24, 2.45) is 0 Å². The average molecular weight is 694 g/mol. The number of halogens is 3. The second-order valence-electron chi connectivity index (χ2n) is 9.67. The minimum Gasteiger partial charge on any atom is -0.465 e. The largest absolute Gasteiger partial charge is 0.465 e. The summed E-state index contributed by atoms with van der Waals surface area (Å²) in [6.45, 7) is 0.134. The van der Waals surface area contributed by atoms with Crippen LogP contribution in [0.1, 0.15) is 56.2 Å². The molecule has 2 N–H and O–H groups in total. The van der Waals surface area contributed by atoms with Crippen molar-refractivity contribution in [3.8, 4) is 11.3 Å². The first kappa shape index (κ1) is 29.3. The van der Waals surface area contributed by atoms with E-state index in [0.29, 0.717) is 25.7 Å². The van der Waals surface area contributed by atoms with Crippen molar-refractivity contribution < 1.29 is 36.3 Å². The lowest BCUT2D eigenvalue weighted by Crippen LogP contribution is -2.25. The smallest absolute Gasteiger partial charge is 0.338 e. The topological polar surface area (TPSA) is 109 Å². The number of hydrogen-bond donors (Lipinski definition) is 2. The zero-order chi connectivity index (χ0) is 29.4. The van der Waals surface area contributed by atoms with Crippen LogP contribution >= 0.6 is 22.6 Å². The molecule has 1 aromatic heterocycles. The number of ether oxygens (including phenoxy) is 1. The molecule has 3 aromatic carbocycles. The van der Waals surface area contributed by atoms with Crippen molar-refractivity contribution in [2.75, 3.05) is 14.2 Å². The van der Waals surface area contributed by atoms with Gasteiger partial charge in [-0.25, -0.2) is 17.8 Å². The van der Waals surface area contributed by atoms with E-state index >= 15 is 0 Å². The molecule has 0 saturated heterocycles. The van der Waals surface area contributed by atoms with Gasteiger partial charge < -0.3 is 14.5 Å². The molecule has 1 aliphatic rings. The molecule has 1 fully saturated rings. The first-order chi connectivity index (χ1) is 19.6. The summed E-state index contributed by atoms with van der Waals surface area (Å²) in [5.74, 6) is -2.75. The average Bonchev–Trinajstić information content (AvgIpc) is 3.74. The molecule has 41 heavy (non-hydrogen) atoms. The Kier molecular flexibility index (Phi) is 8.55. The van der Waals surface area contributed by atoms with Gasteiger partial charge >= 0.3 is 5.97 Å². The summed E-state index contributed by atoms with van der Waals surface area (Å²) < 4.78 is 63.3. The summed E-state index contributed by atoms with van der Waals surface area (Å²) in [7, 11) is 2.76. The zero-order valence-electron chi connectivity index (χ0n) is 22.0. The first-order valence-electron chi connectivity index (χ1n) is 12.6. The van der Waals surface area contributed by atoms with Crippen LogP contribution in [-0.2, 0) is 29.1 Å². The number of fused-ring (bicyclic) bond motifs is 1. The highest BCUT2D eigenvalue weighted by Crippen LogP contribution is 2.45. The van der Waals surface area contributed by atoms with Gasteiger partial charge in [-0.15, -0.1) is 0 Å². The fourth-order valence-corrected chi connectivity index (χ4v) is 5.87. The van der Waals surface area contributed by atoms with Crippen LogP contribution in [0.5, 0.6) is 0 Å². The molecule has 0 spiro atoms. The lowest BCUT2D eigenvalue weighted by atomic mass is 9.97. The molecule has 0 bridgehead atoms. The van der Waals surface area contributed by atoms with E-state index in [2.05, 4.69) is 5.32 Å². The van der Waals surface area contributed by atoms with Crippen LogP contribution in [0.2, 0.25) is 0 Å². The molecule has 214 valence electrons. The number of methoxy groups -OCH3 is 1. The lowest BCUT2D eigenvalue weighted by molar-refractivity contribution is 0.0599. The Balaban J connectivity index is 1.57. The quantitative estimate of drug-likeness (QED) is 0.124. The number of furan rings is 1. The predicted molar refractivity (Wildman–Crippen MR) is 157 cm³/mol. The normalized spacial score (nSPS) is 13.9. The molecule has 1 atom stereocenters. The van der Waals surface area contributed by atoms with Gasteiger partial charge in [-0.1, -0.05) is 6.07 Å². The van der Waals surface area contributed by atoms with Gasteiger partial charge in [0.15, 0.2) is 11.6 Å². The Morgan fingerprint density at radius 1 is 1.12 bits per heavy atom. The van der Waals surface area contributed by atoms with E-state index in [1.54, 1.807) is 24.3 Å². The highest BCUT2D eigenvalue weighted by atomic mass is 127. The summed E-state index contributed by atoms with van der Waals surface area (Å²) in [5.41, 5.74) is 3.36. The van der Waals surface area contributed by atoms with Crippen molar-refractivity contribution in [3.05, 3.63) is 91.6 Å². The van der Waals surface area contributed by atoms with Crippen molar-refractivity contribution >= 4 is 56.7 Å². The number of nitrogens with zero attached hydrogens (tertiary/aromatic N) is 1. The minimum atomic E-state index is -2.36. The van der Waals surface area contributed by atoms with Gasteiger partial charge in [0.1, 0.15) is 11.3 Å². The second-order valence-corrected chi connectivity index (χ2v) is 11.8. The fraction of sp³-hybridized carbons (Fsp3) is 0.241. The molecular weight excluding hydrogens is 669 g/mol. The highest BCUT2D eigenvalue weighted by molar-refractivity contribution is 14.1. The molecule has 12 heteroatoms. The van der Waals surface area contributed by atoms with E-state index in [9.17, 15) is 27.1 Å². The molecule has 8 nitrogen and oxygen atoms in total. The van der Waals surface area contributed by atoms with Crippen LogP contribution in [0, 0.1) is 15.2 Å². The SMILES string of the molecule is CNC(=O)c1c(-c2ccc(F)c(F)c2)oc2cc(CN(Cc3ccc(I)c(C(=O)OC)c3)S(=O)O)c(C3CC3)cc12. The van der Waals surface area contributed by atoms with Crippen LogP contribution in [0.15, 0.2) is 52.9 Å². The molecular formula is C29H25F2IN2O6S. The molecule has 5 rings (SSSR count). The van der Waals surface area contributed by atoms with Gasteiger partial charge in [0, 0.05) is 34.7 Å². The standard InChI is InChI=1S/C29H25F2IN2O6S/c1-33-28(35)26-21-12-19(16-4-5-16)18(11-25(21)40-27(26)17-6-7-22(30)23(31)10-17)14-34(41(37)38)13-15-3-8-24(32)20(9-15)29(36)39-2/h3,6-12,16H,4-5,13-14H2,1-2H3,(H,33,35)(H,37,38). The molecule has 1 unspecified atom stereocenters. The predicted octanol–water partition coefficient (Wildman–Crippen LogP) is 6.15. The van der Waals surface area contributed by atoms with E-state index in [0.717, 1.165) is 36.1 Å². The summed E-state index contributed by atoms with van der Waals surface area (Å²) in [4.78, 5) is 25.1. The van der Waals surface area contributed by atoms with E-state index in [1.165, 1.54) is 24.5 Å². The van der Waals surface area contributed by atoms with E-state index in [4.69, 9.17) is 9.15 Å². The Morgan fingerprint density at radius 2 is 1.88 bits per heavy atom. The van der Waals surface area contributed by atoms with Gasteiger partial charge in [0.05, 0.1) is 18.2 Å². The first-order valence-corrected chi connectivity index (χ1v) is 14.7. The van der Waals surface area contributed by atoms with Gasteiger partial charge in [-0.2, -0.15) is 4.31 Å². The number of benzene rings is 3. The number of amides is 1. The number of esters is 1. The van der Waals surface area contributed by atoms with Crippen LogP contribution in [0.3, 0.4) is 0 Å². The second kappa shape index (κ2) is 12.0. The van der Waals surface area contributed by atoms with Crippen LogP contribution in [0.25, 0.3) is 22.3 Å². The van der Waals surface area contributed by atoms with Gasteiger partial charge in [-0.05, 0) is 101 Å². The third-order valence-corrected chi connectivity index (χ3v) is 8.61. The highest BCUT2D eigenvalue weighted by Gasteiger charge is 2.31. The minimum absolute atomic E-state index is 0.0634. The van der Waals surface area contributed by atoms with E-state index in [-0.39, 0.29) is 35.9 Å². The zero-order valence-corrected chi connectivity index (χ0v) is 25.0. The van der Waals surface area contributed by atoms with Crippen LogP contribution in [0.4, 0.5) is 8.78 Å². The van der Waals surface area contributed by atoms with Crippen LogP contribution in [-0.4, -0.2) is 39.1 Å². The van der Waals surface area contributed by atoms with Crippen molar-refractivity contribution in [2.45, 2.75) is 31.8 Å². The monoisotopic (exact) mass is 694 g/mol. The van der Waals surface area contributed by atoms with E-state index in [1.807, 2.05) is 28.7 Å².